The van der Waals surface area contributed by atoms with Crippen LogP contribution in [0.25, 0.3) is 42.9 Å². The first-order valence-corrected chi connectivity index (χ1v) is 30.5. The number of aromatic nitrogens is 4. The number of benzene rings is 4. The lowest BCUT2D eigenvalue weighted by Gasteiger charge is -2.38. The van der Waals surface area contributed by atoms with Gasteiger partial charge in [-0.1, -0.05) is 77.8 Å². The molecule has 4 aromatic carbocycles. The second kappa shape index (κ2) is 23.4. The second-order valence-corrected chi connectivity index (χ2v) is 26.2. The van der Waals surface area contributed by atoms with Crippen LogP contribution in [0, 0.1) is 11.6 Å². The highest BCUT2D eigenvalue weighted by Crippen LogP contribution is 2.49. The summed E-state index contributed by atoms with van der Waals surface area (Å²) in [5.41, 5.74) is 3.44. The van der Waals surface area contributed by atoms with Crippen LogP contribution in [0.15, 0.2) is 94.7 Å². The van der Waals surface area contributed by atoms with E-state index in [1.807, 2.05) is 12.1 Å². The Morgan fingerprint density at radius 2 is 1.04 bits per heavy atom. The average Bonchev–Trinajstić information content (AvgIpc) is 4.18. The zero-order valence-corrected chi connectivity index (χ0v) is 49.0. The van der Waals surface area contributed by atoms with Crippen molar-refractivity contribution in [1.82, 2.24) is 25.6 Å². The molecule has 12 nitrogen and oxygen atoms in total. The summed E-state index contributed by atoms with van der Waals surface area (Å²) in [6, 6.07) is 20.1. The summed E-state index contributed by atoms with van der Waals surface area (Å²) >= 11 is 12.7. The molecule has 6 atom stereocenters. The minimum atomic E-state index is -4.82. The fourth-order valence-electron chi connectivity index (χ4n) is 11.5. The lowest BCUT2D eigenvalue weighted by molar-refractivity contribution is -0.275. The molecule has 6 aliphatic rings. The normalized spacial score (nSPS) is 22.4. The number of ether oxygens (including phenoxy) is 4. The molecule has 4 aromatic heterocycles. The highest BCUT2D eigenvalue weighted by molar-refractivity contribution is 9.11. The minimum Gasteiger partial charge on any atom is -0.405 e. The van der Waals surface area contributed by atoms with Crippen LogP contribution in [0.1, 0.15) is 112 Å². The fraction of sp³-hybridized carbons (Fsp3) is 0.429. The molecule has 8 heterocycles. The molecular formula is C56H49Br3F8N6O6S2. The Hall–Kier alpha value is -4.76. The lowest BCUT2D eigenvalue weighted by atomic mass is 10.00. The summed E-state index contributed by atoms with van der Waals surface area (Å²) < 4.78 is 142. The van der Waals surface area contributed by atoms with Crippen molar-refractivity contribution in [2.45, 2.75) is 151 Å². The van der Waals surface area contributed by atoms with Gasteiger partial charge in [-0.15, -0.1) is 37.7 Å². The van der Waals surface area contributed by atoms with Gasteiger partial charge in [-0.3, -0.25) is 0 Å². The van der Waals surface area contributed by atoms with E-state index in [2.05, 4.69) is 87.8 Å². The van der Waals surface area contributed by atoms with Gasteiger partial charge in [0.15, 0.2) is 20.7 Å². The summed E-state index contributed by atoms with van der Waals surface area (Å²) in [5.74, 6) is 0.660. The number of para-hydroxylation sites is 2. The van der Waals surface area contributed by atoms with Crippen molar-refractivity contribution < 1.29 is 63.1 Å². The molecule has 25 heteroatoms. The molecule has 0 radical (unpaired) electrons. The fourth-order valence-corrected chi connectivity index (χ4v) is 15.3. The number of nitrogens with one attached hydrogen (secondary N) is 1. The van der Waals surface area contributed by atoms with Gasteiger partial charge in [-0.2, -0.15) is 0 Å². The molecule has 81 heavy (non-hydrogen) atoms. The third-order valence-electron chi connectivity index (χ3n) is 15.3. The summed E-state index contributed by atoms with van der Waals surface area (Å²) in [4.78, 5) is 11.0. The van der Waals surface area contributed by atoms with Gasteiger partial charge in [-0.05, 0) is 142 Å². The number of halogens is 11. The average molecular weight is 1360 g/mol. The number of fused-ring (bicyclic) bond motifs is 6. The van der Waals surface area contributed by atoms with Gasteiger partial charge in [0, 0.05) is 67.2 Å². The van der Waals surface area contributed by atoms with Gasteiger partial charge in [0.2, 0.25) is 0 Å². The van der Waals surface area contributed by atoms with Crippen molar-refractivity contribution in [3.63, 3.8) is 0 Å². The van der Waals surface area contributed by atoms with Crippen LogP contribution < -0.4 is 19.7 Å². The van der Waals surface area contributed by atoms with Gasteiger partial charge >= 0.3 is 12.7 Å². The Labute approximate surface area is 491 Å². The highest BCUT2D eigenvalue weighted by Gasteiger charge is 2.44. The van der Waals surface area contributed by atoms with Crippen molar-refractivity contribution >= 4 is 96.0 Å². The number of anilines is 1. The highest BCUT2D eigenvalue weighted by atomic mass is 79.9. The van der Waals surface area contributed by atoms with E-state index in [0.29, 0.717) is 54.2 Å². The molecule has 2 aliphatic carbocycles. The Kier molecular flexibility index (Phi) is 16.4. The molecule has 2 unspecified atom stereocenters. The predicted octanol–water partition coefficient (Wildman–Crippen LogP) is 17.2. The Morgan fingerprint density at radius 3 is 1.52 bits per heavy atom. The Balaban J connectivity index is 0.000000138. The quantitative estimate of drug-likeness (QED) is 0.110. The van der Waals surface area contributed by atoms with E-state index in [9.17, 15) is 35.1 Å². The monoisotopic (exact) mass is 1350 g/mol. The number of hydrogen-bond donors (Lipinski definition) is 1. The zero-order chi connectivity index (χ0) is 56.3. The minimum absolute atomic E-state index is 0.0366. The third kappa shape index (κ3) is 13.1. The third-order valence-corrected chi connectivity index (χ3v) is 18.7. The van der Waals surface area contributed by atoms with Gasteiger partial charge < -0.3 is 38.2 Å². The lowest BCUT2D eigenvalue weighted by Crippen LogP contribution is -2.45. The van der Waals surface area contributed by atoms with Gasteiger partial charge in [-0.25, -0.2) is 18.7 Å². The van der Waals surface area contributed by atoms with Crippen LogP contribution in [0.4, 0.5) is 40.3 Å². The molecule has 1 N–H and O–H groups in total. The summed E-state index contributed by atoms with van der Waals surface area (Å²) in [7, 11) is 0. The van der Waals surface area contributed by atoms with Gasteiger partial charge in [0.25, 0.3) is 0 Å². The largest absolute Gasteiger partial charge is 0.573 e. The second-order valence-electron chi connectivity index (χ2n) is 21.1. The summed E-state index contributed by atoms with van der Waals surface area (Å²) in [6.07, 6.45) is 2.26. The van der Waals surface area contributed by atoms with Crippen LogP contribution in [-0.4, -0.2) is 69.4 Å². The van der Waals surface area contributed by atoms with E-state index in [1.54, 1.807) is 24.3 Å². The van der Waals surface area contributed by atoms with Crippen molar-refractivity contribution in [3.8, 4) is 34.0 Å². The topological polar surface area (TPSA) is 130 Å². The van der Waals surface area contributed by atoms with E-state index in [1.165, 1.54) is 71.9 Å². The first kappa shape index (κ1) is 56.7. The summed E-state index contributed by atoms with van der Waals surface area (Å²) in [6.45, 7) is 0.477. The number of alkyl halides is 6. The molecule has 0 spiro atoms. The number of thiazole rings is 2. The standard InChI is InChI=1S/C28H24BrF4N3O3S.C21H23F3N2O3.C7H2Br2FNS/c29-15-9-21(30)25-23(10-15)40-27(34-25)36-16-7-8-17(36)12-18(11-16)37-13-20-24(35-39-26(20)14-5-6-14)19-3-1-2-4-22(19)38-28(31,32)33;22-21(23,24)28-18-4-2-1-3-16(18)19-17(20(29-26-19)12-5-6-12)11-27-15-9-13-7-8-14(10-15)25-13;8-3-1-4(10)6-5(2-3)12-7(9)11-6/h1-4,9-10,14,16-18H,5-8,11-13H2;1-4,12-15,25H,5-11H2;1-2H/t16-,17+,18?;13-,14+,15?;. The van der Waals surface area contributed by atoms with Gasteiger partial charge in [0.05, 0.1) is 34.8 Å². The predicted molar refractivity (Wildman–Crippen MR) is 298 cm³/mol. The maximum absolute atomic E-state index is 14.5. The van der Waals surface area contributed by atoms with Crippen molar-refractivity contribution in [3.05, 3.63) is 120 Å². The molecule has 4 aliphatic heterocycles. The number of piperidine rings is 2. The number of hydrogen-bond acceptors (Lipinski definition) is 14. The molecule has 14 rings (SSSR count). The van der Waals surface area contributed by atoms with Crippen LogP contribution >= 0.6 is 70.5 Å². The first-order chi connectivity index (χ1) is 38.9. The molecular weight excluding hydrogens is 1310 g/mol. The SMILES string of the molecule is FC(F)(F)Oc1ccccc1-c1noc(C2CC2)c1COC1C[C@H]2CC[C@@H](C1)N2.Fc1cc(Br)cc2sc(Br)nc12.Fc1cc(Br)cc2sc(N3[C@@H]4CC[C@H]3CC(OCc3c(-c5ccccc5OC(F)(F)F)noc3C3CC3)C4)nc12. The number of nitrogens with zero attached hydrogens (tertiary/aromatic N) is 5. The van der Waals surface area contributed by atoms with E-state index >= 15 is 0 Å². The molecule has 4 bridgehead atoms. The number of rotatable bonds is 13. The van der Waals surface area contributed by atoms with Crippen molar-refractivity contribution in [2.24, 2.45) is 0 Å². The Morgan fingerprint density at radius 1 is 0.580 bits per heavy atom. The zero-order valence-electron chi connectivity index (χ0n) is 42.6. The molecule has 2 saturated carbocycles. The van der Waals surface area contributed by atoms with Crippen LogP contribution in [0.3, 0.4) is 0 Å². The van der Waals surface area contributed by atoms with Crippen LogP contribution in [0.5, 0.6) is 11.5 Å². The molecule has 0 amide bonds. The maximum Gasteiger partial charge on any atom is 0.573 e. The van der Waals surface area contributed by atoms with E-state index in [4.69, 9.17) is 18.5 Å². The van der Waals surface area contributed by atoms with E-state index in [0.717, 1.165) is 94.5 Å². The van der Waals surface area contributed by atoms with Gasteiger partial charge in [0.1, 0.15) is 45.4 Å². The van der Waals surface area contributed by atoms with E-state index < -0.39 is 12.7 Å². The van der Waals surface area contributed by atoms with Crippen molar-refractivity contribution in [1.29, 1.82) is 0 Å². The molecule has 428 valence electrons. The Bertz CT molecular complexity index is 3550. The first-order valence-electron chi connectivity index (χ1n) is 26.5. The molecule has 4 saturated heterocycles. The van der Waals surface area contributed by atoms with E-state index in [-0.39, 0.29) is 83.6 Å². The van der Waals surface area contributed by atoms with Crippen LogP contribution in [0.2, 0.25) is 0 Å². The maximum atomic E-state index is 14.5. The van der Waals surface area contributed by atoms with Crippen LogP contribution in [-0.2, 0) is 22.7 Å². The smallest absolute Gasteiger partial charge is 0.405 e. The molecule has 6 fully saturated rings. The molecule has 8 aromatic rings. The summed E-state index contributed by atoms with van der Waals surface area (Å²) in [5, 5.41) is 12.7. The van der Waals surface area contributed by atoms with Crippen molar-refractivity contribution in [2.75, 3.05) is 4.90 Å².